The highest BCUT2D eigenvalue weighted by atomic mass is 32.2. The van der Waals surface area contributed by atoms with E-state index in [1.807, 2.05) is 6.07 Å². The molecular formula is C12H8F3N3OS. The van der Waals surface area contributed by atoms with Crippen LogP contribution < -0.4 is 0 Å². The van der Waals surface area contributed by atoms with Gasteiger partial charge in [0.2, 0.25) is 0 Å². The molecule has 104 valence electrons. The van der Waals surface area contributed by atoms with E-state index in [2.05, 4.69) is 4.98 Å². The molecular weight excluding hydrogens is 291 g/mol. The van der Waals surface area contributed by atoms with Gasteiger partial charge in [-0.1, -0.05) is 0 Å². The molecule has 4 nitrogen and oxygen atoms in total. The lowest BCUT2D eigenvalue weighted by molar-refractivity contribution is -0.137. The maximum absolute atomic E-state index is 12.4. The molecule has 0 spiro atoms. The molecule has 0 fully saturated rings. The summed E-state index contributed by atoms with van der Waals surface area (Å²) in [5.41, 5.74) is -0.965. The van der Waals surface area contributed by atoms with Gasteiger partial charge in [0.15, 0.2) is 5.78 Å². The molecule has 0 radical (unpaired) electrons. The Morgan fingerprint density at radius 3 is 2.55 bits per heavy atom. The van der Waals surface area contributed by atoms with Gasteiger partial charge >= 0.3 is 6.18 Å². The highest BCUT2D eigenvalue weighted by Crippen LogP contribution is 2.29. The number of thioether (sulfide) groups is 1. The van der Waals surface area contributed by atoms with Gasteiger partial charge in [0.25, 0.3) is 0 Å². The number of halogens is 3. The summed E-state index contributed by atoms with van der Waals surface area (Å²) in [6.45, 7) is 0. The summed E-state index contributed by atoms with van der Waals surface area (Å²) in [5.74, 6) is -1.66. The zero-order valence-electron chi connectivity index (χ0n) is 10.0. The maximum atomic E-state index is 12.4. The first kappa shape index (κ1) is 16.0. The average molecular weight is 299 g/mol. The average Bonchev–Trinajstić information content (AvgIpc) is 2.39. The topological polar surface area (TPSA) is 77.5 Å². The van der Waals surface area contributed by atoms with Crippen molar-refractivity contribution in [1.29, 1.82) is 10.5 Å². The Morgan fingerprint density at radius 1 is 1.40 bits per heavy atom. The molecule has 0 saturated heterocycles. The van der Waals surface area contributed by atoms with Crippen molar-refractivity contribution in [3.8, 4) is 12.1 Å². The van der Waals surface area contributed by atoms with Crippen LogP contribution in [0.2, 0.25) is 0 Å². The summed E-state index contributed by atoms with van der Waals surface area (Å²) >= 11 is 1.04. The number of nitriles is 2. The highest BCUT2D eigenvalue weighted by Gasteiger charge is 2.31. The van der Waals surface area contributed by atoms with Crippen LogP contribution in [0.25, 0.3) is 0 Å². The van der Waals surface area contributed by atoms with Crippen LogP contribution in [0.15, 0.2) is 18.3 Å². The van der Waals surface area contributed by atoms with Gasteiger partial charge in [0.05, 0.1) is 34.9 Å². The number of carbonyl (C=O) groups is 1. The predicted molar refractivity (Wildman–Crippen MR) is 65.5 cm³/mol. The molecule has 0 aromatic carbocycles. The van der Waals surface area contributed by atoms with Gasteiger partial charge in [-0.15, -0.1) is 11.8 Å². The van der Waals surface area contributed by atoms with E-state index in [1.54, 1.807) is 6.07 Å². The van der Waals surface area contributed by atoms with Crippen molar-refractivity contribution >= 4 is 17.5 Å². The molecule has 8 heteroatoms. The number of aromatic nitrogens is 1. The van der Waals surface area contributed by atoms with E-state index in [1.165, 1.54) is 0 Å². The predicted octanol–water partition coefficient (Wildman–Crippen LogP) is 2.53. The van der Waals surface area contributed by atoms with Crippen LogP contribution in [0.4, 0.5) is 13.2 Å². The Balaban J connectivity index is 2.84. The molecule has 0 saturated carbocycles. The van der Waals surface area contributed by atoms with E-state index < -0.39 is 23.4 Å². The second kappa shape index (κ2) is 6.92. The third-order valence-electron chi connectivity index (χ3n) is 2.27. The Morgan fingerprint density at radius 2 is 2.10 bits per heavy atom. The summed E-state index contributed by atoms with van der Waals surface area (Å²) < 4.78 is 37.1. The standard InChI is InChI=1S/C12H8F3N3OS/c13-12(14,15)8-1-2-10(18-6-8)9(5-17)11(19)7-20-4-3-16/h1-2,6,9H,4,7H2/t9-/m0/s1. The number of rotatable bonds is 5. The van der Waals surface area contributed by atoms with Gasteiger partial charge in [-0.3, -0.25) is 9.78 Å². The van der Waals surface area contributed by atoms with Crippen LogP contribution in [0.5, 0.6) is 0 Å². The van der Waals surface area contributed by atoms with Crippen LogP contribution in [-0.4, -0.2) is 22.3 Å². The van der Waals surface area contributed by atoms with Crippen molar-refractivity contribution in [1.82, 2.24) is 4.98 Å². The van der Waals surface area contributed by atoms with E-state index in [-0.39, 0.29) is 17.2 Å². The maximum Gasteiger partial charge on any atom is 0.417 e. The molecule has 0 aliphatic carbocycles. The molecule has 0 bridgehead atoms. The number of ketones is 1. The van der Waals surface area contributed by atoms with Crippen molar-refractivity contribution in [2.75, 3.05) is 11.5 Å². The minimum atomic E-state index is -4.51. The fraction of sp³-hybridized carbons (Fsp3) is 0.333. The van der Waals surface area contributed by atoms with Gasteiger partial charge in [-0.2, -0.15) is 23.7 Å². The first-order valence-electron chi connectivity index (χ1n) is 5.30. The number of hydrogen-bond donors (Lipinski definition) is 0. The Labute approximate surface area is 117 Å². The fourth-order valence-corrected chi connectivity index (χ4v) is 1.89. The quantitative estimate of drug-likeness (QED) is 0.781. The fourth-order valence-electron chi connectivity index (χ4n) is 1.33. The number of nitrogens with zero attached hydrogens (tertiary/aromatic N) is 3. The lowest BCUT2D eigenvalue weighted by Crippen LogP contribution is -2.15. The molecule has 1 rings (SSSR count). The summed E-state index contributed by atoms with van der Waals surface area (Å²) in [7, 11) is 0. The van der Waals surface area contributed by atoms with E-state index in [0.29, 0.717) is 6.20 Å². The summed E-state index contributed by atoms with van der Waals surface area (Å²) in [6, 6.07) is 5.34. The number of Topliss-reactive ketones (excluding diaryl/α,β-unsaturated/α-hetero) is 1. The van der Waals surface area contributed by atoms with Gasteiger partial charge in [-0.25, -0.2) is 0 Å². The lowest BCUT2D eigenvalue weighted by Gasteiger charge is -2.09. The van der Waals surface area contributed by atoms with E-state index in [4.69, 9.17) is 10.5 Å². The largest absolute Gasteiger partial charge is 0.417 e. The minimum absolute atomic E-state index is 0.0249. The molecule has 0 unspecified atom stereocenters. The van der Waals surface area contributed by atoms with Gasteiger partial charge < -0.3 is 0 Å². The van der Waals surface area contributed by atoms with Crippen molar-refractivity contribution in [3.63, 3.8) is 0 Å². The van der Waals surface area contributed by atoms with Crippen LogP contribution in [0, 0.1) is 22.7 Å². The van der Waals surface area contributed by atoms with Crippen LogP contribution in [0.3, 0.4) is 0 Å². The molecule has 0 aliphatic heterocycles. The first-order valence-corrected chi connectivity index (χ1v) is 6.45. The Kier molecular flexibility index (Phi) is 5.53. The second-order valence-electron chi connectivity index (χ2n) is 3.65. The van der Waals surface area contributed by atoms with Gasteiger partial charge in [-0.05, 0) is 12.1 Å². The molecule has 0 N–H and O–H groups in total. The monoisotopic (exact) mass is 299 g/mol. The number of carbonyl (C=O) groups excluding carboxylic acids is 1. The number of alkyl halides is 3. The zero-order valence-corrected chi connectivity index (χ0v) is 10.8. The van der Waals surface area contributed by atoms with Crippen molar-refractivity contribution in [2.45, 2.75) is 12.1 Å². The normalized spacial score (nSPS) is 12.2. The van der Waals surface area contributed by atoms with Crippen molar-refractivity contribution in [2.24, 2.45) is 0 Å². The van der Waals surface area contributed by atoms with Gasteiger partial charge in [0.1, 0.15) is 5.92 Å². The highest BCUT2D eigenvalue weighted by molar-refractivity contribution is 8.00. The second-order valence-corrected chi connectivity index (χ2v) is 4.63. The molecule has 1 heterocycles. The Hall–Kier alpha value is -2.06. The van der Waals surface area contributed by atoms with Crippen LogP contribution in [-0.2, 0) is 11.0 Å². The molecule has 1 aromatic heterocycles. The SMILES string of the molecule is N#CCSCC(=O)[C@@H](C#N)c1ccc(C(F)(F)F)cn1. The molecule has 0 amide bonds. The van der Waals surface area contributed by atoms with Gasteiger partial charge in [0, 0.05) is 6.20 Å². The first-order chi connectivity index (χ1) is 9.40. The zero-order chi connectivity index (χ0) is 15.2. The number of hydrogen-bond acceptors (Lipinski definition) is 5. The molecule has 20 heavy (non-hydrogen) atoms. The molecule has 1 aromatic rings. The van der Waals surface area contributed by atoms with Crippen molar-refractivity contribution in [3.05, 3.63) is 29.6 Å². The third-order valence-corrected chi connectivity index (χ3v) is 3.09. The number of pyridine rings is 1. The summed E-state index contributed by atoms with van der Waals surface area (Å²) in [5, 5.41) is 17.3. The summed E-state index contributed by atoms with van der Waals surface area (Å²) in [6.07, 6.45) is -3.92. The molecule has 0 aliphatic rings. The lowest BCUT2D eigenvalue weighted by atomic mass is 10.0. The van der Waals surface area contributed by atoms with E-state index >= 15 is 0 Å². The Bertz CT molecular complexity index is 557. The smallest absolute Gasteiger partial charge is 0.297 e. The summed E-state index contributed by atoms with van der Waals surface area (Å²) in [4.78, 5) is 15.2. The third kappa shape index (κ3) is 4.25. The van der Waals surface area contributed by atoms with Crippen LogP contribution in [0.1, 0.15) is 17.2 Å². The van der Waals surface area contributed by atoms with E-state index in [9.17, 15) is 18.0 Å². The molecule has 1 atom stereocenters. The van der Waals surface area contributed by atoms with E-state index in [0.717, 1.165) is 23.9 Å². The van der Waals surface area contributed by atoms with Crippen LogP contribution >= 0.6 is 11.8 Å². The minimum Gasteiger partial charge on any atom is -0.297 e. The van der Waals surface area contributed by atoms with Crippen molar-refractivity contribution < 1.29 is 18.0 Å².